The van der Waals surface area contributed by atoms with Crippen molar-refractivity contribution in [2.24, 2.45) is 0 Å². The van der Waals surface area contributed by atoms with E-state index in [1.807, 2.05) is 17.0 Å². The lowest BCUT2D eigenvalue weighted by Gasteiger charge is -2.27. The van der Waals surface area contributed by atoms with Crippen molar-refractivity contribution in [2.45, 2.75) is 6.54 Å². The van der Waals surface area contributed by atoms with Crippen molar-refractivity contribution in [3.05, 3.63) is 57.7 Å². The summed E-state index contributed by atoms with van der Waals surface area (Å²) in [6.45, 7) is 1.93. The summed E-state index contributed by atoms with van der Waals surface area (Å²) < 4.78 is 0. The van der Waals surface area contributed by atoms with Gasteiger partial charge in [0.2, 0.25) is 5.91 Å². The highest BCUT2D eigenvalue weighted by Gasteiger charge is 2.17. The van der Waals surface area contributed by atoms with Crippen LogP contribution in [0.5, 0.6) is 0 Å². The zero-order valence-corrected chi connectivity index (χ0v) is 14.8. The first-order valence-electron chi connectivity index (χ1n) is 7.73. The number of nitrogens with zero attached hydrogens (tertiary/aromatic N) is 2. The average Bonchev–Trinajstić information content (AvgIpc) is 2.60. The maximum Gasteiger partial charge on any atom is 0.254 e. The van der Waals surface area contributed by atoms with E-state index in [0.29, 0.717) is 29.7 Å². The third-order valence-corrected chi connectivity index (χ3v) is 4.44. The Labute approximate surface area is 155 Å². The second-order valence-electron chi connectivity index (χ2n) is 5.58. The van der Waals surface area contributed by atoms with Crippen molar-refractivity contribution in [1.82, 2.24) is 15.6 Å². The largest absolute Gasteiger partial charge is 0.353 e. The Bertz CT molecular complexity index is 775. The summed E-state index contributed by atoms with van der Waals surface area (Å²) in [7, 11) is 0. The smallest absolute Gasteiger partial charge is 0.254 e. The van der Waals surface area contributed by atoms with Crippen LogP contribution >= 0.6 is 23.2 Å². The molecule has 1 fully saturated rings. The molecule has 1 saturated heterocycles. The van der Waals surface area contributed by atoms with Crippen LogP contribution in [-0.2, 0) is 11.3 Å². The van der Waals surface area contributed by atoms with Gasteiger partial charge in [0.1, 0.15) is 5.82 Å². The summed E-state index contributed by atoms with van der Waals surface area (Å²) in [5, 5.41) is 6.17. The molecule has 2 amide bonds. The van der Waals surface area contributed by atoms with Gasteiger partial charge in [-0.3, -0.25) is 9.59 Å². The standard InChI is InChI=1S/C17H16Cl2N4O2/c18-12-2-1-3-13(19)16(12)17(25)22-9-11-4-5-14(21-8-11)23-7-6-20-15(24)10-23/h1-5,8H,6-7,9-10H2,(H,20,24)(H,22,25). The fraction of sp³-hybridized carbons (Fsp3) is 0.235. The molecule has 25 heavy (non-hydrogen) atoms. The monoisotopic (exact) mass is 378 g/mol. The summed E-state index contributed by atoms with van der Waals surface area (Å²) in [5.74, 6) is 0.382. The van der Waals surface area contributed by atoms with E-state index in [-0.39, 0.29) is 17.4 Å². The number of carbonyl (C=O) groups excluding carboxylic acids is 2. The van der Waals surface area contributed by atoms with Gasteiger partial charge in [0, 0.05) is 25.8 Å². The normalized spacial score (nSPS) is 14.2. The van der Waals surface area contributed by atoms with Crippen LogP contribution in [0.1, 0.15) is 15.9 Å². The Hall–Kier alpha value is -2.31. The Balaban J connectivity index is 1.62. The van der Waals surface area contributed by atoms with Crippen LogP contribution < -0.4 is 15.5 Å². The number of aromatic nitrogens is 1. The fourth-order valence-electron chi connectivity index (χ4n) is 2.53. The molecular formula is C17H16Cl2N4O2. The fourth-order valence-corrected chi connectivity index (χ4v) is 3.10. The molecule has 0 spiro atoms. The van der Waals surface area contributed by atoms with Crippen LogP contribution in [0.4, 0.5) is 5.82 Å². The molecule has 6 nitrogen and oxygen atoms in total. The molecule has 0 bridgehead atoms. The first-order valence-corrected chi connectivity index (χ1v) is 8.49. The molecule has 0 unspecified atom stereocenters. The van der Waals surface area contributed by atoms with Gasteiger partial charge in [-0.05, 0) is 23.8 Å². The van der Waals surface area contributed by atoms with E-state index in [1.165, 1.54) is 0 Å². The Morgan fingerprint density at radius 3 is 2.64 bits per heavy atom. The third kappa shape index (κ3) is 4.21. The number of hydrogen-bond acceptors (Lipinski definition) is 4. The van der Waals surface area contributed by atoms with Crippen molar-refractivity contribution in [2.75, 3.05) is 24.5 Å². The average molecular weight is 379 g/mol. The summed E-state index contributed by atoms with van der Waals surface area (Å²) in [6, 6.07) is 8.62. The van der Waals surface area contributed by atoms with Crippen LogP contribution in [0.2, 0.25) is 10.0 Å². The molecule has 2 aromatic rings. The first kappa shape index (κ1) is 17.5. The molecule has 8 heteroatoms. The molecule has 1 aromatic heterocycles. The van der Waals surface area contributed by atoms with E-state index >= 15 is 0 Å². The topological polar surface area (TPSA) is 74.3 Å². The zero-order chi connectivity index (χ0) is 17.8. The number of halogens is 2. The number of anilines is 1. The summed E-state index contributed by atoms with van der Waals surface area (Å²) in [4.78, 5) is 30.0. The molecule has 1 aromatic carbocycles. The van der Waals surface area contributed by atoms with Gasteiger partial charge in [0.25, 0.3) is 5.91 Å². The zero-order valence-electron chi connectivity index (χ0n) is 13.3. The van der Waals surface area contributed by atoms with Gasteiger partial charge in [0.15, 0.2) is 0 Å². The van der Waals surface area contributed by atoms with E-state index in [2.05, 4.69) is 15.6 Å². The van der Waals surface area contributed by atoms with Crippen molar-refractivity contribution in [1.29, 1.82) is 0 Å². The highest BCUT2D eigenvalue weighted by Crippen LogP contribution is 2.24. The van der Waals surface area contributed by atoms with Gasteiger partial charge < -0.3 is 15.5 Å². The molecule has 1 aliphatic rings. The number of nitrogens with one attached hydrogen (secondary N) is 2. The van der Waals surface area contributed by atoms with Crippen LogP contribution in [0.25, 0.3) is 0 Å². The Morgan fingerprint density at radius 1 is 1.24 bits per heavy atom. The van der Waals surface area contributed by atoms with Gasteiger partial charge in [-0.2, -0.15) is 0 Å². The van der Waals surface area contributed by atoms with E-state index in [0.717, 1.165) is 17.9 Å². The highest BCUT2D eigenvalue weighted by molar-refractivity contribution is 6.39. The summed E-state index contributed by atoms with van der Waals surface area (Å²) >= 11 is 12.1. The van der Waals surface area contributed by atoms with Gasteiger partial charge in [-0.25, -0.2) is 4.98 Å². The molecule has 0 aliphatic carbocycles. The molecule has 2 heterocycles. The molecule has 2 N–H and O–H groups in total. The van der Waals surface area contributed by atoms with E-state index in [4.69, 9.17) is 23.2 Å². The molecule has 130 valence electrons. The number of piperazine rings is 1. The van der Waals surface area contributed by atoms with Crippen molar-refractivity contribution in [3.63, 3.8) is 0 Å². The van der Waals surface area contributed by atoms with Crippen LogP contribution in [0.15, 0.2) is 36.5 Å². The molecule has 0 saturated carbocycles. The maximum absolute atomic E-state index is 12.3. The van der Waals surface area contributed by atoms with Crippen LogP contribution in [-0.4, -0.2) is 36.4 Å². The van der Waals surface area contributed by atoms with Gasteiger partial charge in [-0.15, -0.1) is 0 Å². The summed E-state index contributed by atoms with van der Waals surface area (Å²) in [5.41, 5.74) is 1.09. The Kier molecular flexibility index (Phi) is 5.40. The third-order valence-electron chi connectivity index (χ3n) is 3.81. The minimum atomic E-state index is -0.340. The lowest BCUT2D eigenvalue weighted by atomic mass is 10.2. The second-order valence-corrected chi connectivity index (χ2v) is 6.39. The van der Waals surface area contributed by atoms with Crippen LogP contribution in [0.3, 0.4) is 0 Å². The first-order chi connectivity index (χ1) is 12.0. The van der Waals surface area contributed by atoms with E-state index in [1.54, 1.807) is 24.4 Å². The maximum atomic E-state index is 12.3. The highest BCUT2D eigenvalue weighted by atomic mass is 35.5. The van der Waals surface area contributed by atoms with E-state index < -0.39 is 0 Å². The van der Waals surface area contributed by atoms with Crippen molar-refractivity contribution < 1.29 is 9.59 Å². The molecule has 0 radical (unpaired) electrons. The van der Waals surface area contributed by atoms with E-state index in [9.17, 15) is 9.59 Å². The van der Waals surface area contributed by atoms with Gasteiger partial charge >= 0.3 is 0 Å². The number of hydrogen-bond donors (Lipinski definition) is 2. The predicted octanol–water partition coefficient (Wildman–Crippen LogP) is 2.25. The molecular weight excluding hydrogens is 363 g/mol. The molecule has 1 aliphatic heterocycles. The number of carbonyl (C=O) groups is 2. The number of rotatable bonds is 4. The SMILES string of the molecule is O=C1CN(c2ccc(CNC(=O)c3c(Cl)cccc3Cl)cn2)CCN1. The minimum Gasteiger partial charge on any atom is -0.353 e. The molecule has 3 rings (SSSR count). The molecule has 0 atom stereocenters. The van der Waals surface area contributed by atoms with Crippen LogP contribution in [0, 0.1) is 0 Å². The second kappa shape index (κ2) is 7.72. The number of benzene rings is 1. The Morgan fingerprint density at radius 2 is 2.00 bits per heavy atom. The van der Waals surface area contributed by atoms with Gasteiger partial charge in [-0.1, -0.05) is 35.3 Å². The van der Waals surface area contributed by atoms with Crippen molar-refractivity contribution >= 4 is 40.8 Å². The lowest BCUT2D eigenvalue weighted by Crippen LogP contribution is -2.48. The lowest BCUT2D eigenvalue weighted by molar-refractivity contribution is -0.120. The van der Waals surface area contributed by atoms with Crippen molar-refractivity contribution in [3.8, 4) is 0 Å². The quantitative estimate of drug-likeness (QED) is 0.855. The number of pyridine rings is 1. The van der Waals surface area contributed by atoms with Gasteiger partial charge in [0.05, 0.1) is 22.2 Å². The predicted molar refractivity (Wildman–Crippen MR) is 97.1 cm³/mol. The summed E-state index contributed by atoms with van der Waals surface area (Å²) in [6.07, 6.45) is 1.68. The number of amides is 2. The minimum absolute atomic E-state index is 0.0130.